The van der Waals surface area contributed by atoms with Crippen molar-refractivity contribution in [1.29, 1.82) is 0 Å². The second kappa shape index (κ2) is 17.8. The van der Waals surface area contributed by atoms with Gasteiger partial charge in [-0.25, -0.2) is 4.79 Å². The molecule has 1 heterocycles. The fourth-order valence-electron chi connectivity index (χ4n) is 7.63. The highest BCUT2D eigenvalue weighted by Crippen LogP contribution is 2.41. The maximum atomic E-state index is 14.4. The number of aliphatic carboxylic acids is 2. The molecule has 3 atom stereocenters. The van der Waals surface area contributed by atoms with Gasteiger partial charge in [-0.2, -0.15) is 0 Å². The van der Waals surface area contributed by atoms with E-state index in [1.807, 2.05) is 60.7 Å². The van der Waals surface area contributed by atoms with E-state index in [0.29, 0.717) is 49.9 Å². The maximum absolute atomic E-state index is 14.4. The van der Waals surface area contributed by atoms with E-state index in [4.69, 9.17) is 0 Å². The summed E-state index contributed by atoms with van der Waals surface area (Å²) in [6, 6.07) is 23.9. The zero-order valence-corrected chi connectivity index (χ0v) is 30.0. The van der Waals surface area contributed by atoms with Gasteiger partial charge in [-0.1, -0.05) is 85.6 Å². The molecule has 4 N–H and O–H groups in total. The molecule has 1 aliphatic carbocycles. The molecule has 2 aliphatic rings. The minimum atomic E-state index is -1.20. The topological polar surface area (TPSA) is 173 Å². The van der Waals surface area contributed by atoms with Gasteiger partial charge >= 0.3 is 11.9 Å². The van der Waals surface area contributed by atoms with Gasteiger partial charge in [0.05, 0.1) is 11.8 Å². The molecule has 1 saturated heterocycles. The van der Waals surface area contributed by atoms with Crippen LogP contribution in [0.25, 0.3) is 0 Å². The van der Waals surface area contributed by atoms with E-state index in [1.165, 1.54) is 6.92 Å². The van der Waals surface area contributed by atoms with Gasteiger partial charge in [0.1, 0.15) is 18.2 Å². The summed E-state index contributed by atoms with van der Waals surface area (Å²) in [6.07, 6.45) is 3.27. The van der Waals surface area contributed by atoms with E-state index in [-0.39, 0.29) is 43.4 Å². The number of rotatable bonds is 17. The third-order valence-corrected chi connectivity index (χ3v) is 10.4. The summed E-state index contributed by atoms with van der Waals surface area (Å²) in [5.41, 5.74) is 2.28. The van der Waals surface area contributed by atoms with Gasteiger partial charge in [-0.15, -0.1) is 0 Å². The van der Waals surface area contributed by atoms with Gasteiger partial charge in [0.15, 0.2) is 0 Å². The first kappa shape index (κ1) is 38.7. The number of nitrogens with one attached hydrogen (secondary N) is 2. The van der Waals surface area contributed by atoms with Gasteiger partial charge < -0.3 is 25.7 Å². The number of amides is 4. The lowest BCUT2D eigenvalue weighted by molar-refractivity contribution is -0.144. The summed E-state index contributed by atoms with van der Waals surface area (Å²) in [7, 11) is 0. The number of carboxylic acids is 2. The van der Waals surface area contributed by atoms with Crippen LogP contribution in [0, 0.1) is 5.41 Å². The molecule has 12 nitrogen and oxygen atoms in total. The molecule has 4 amide bonds. The molecule has 0 radical (unpaired) electrons. The molecule has 3 aromatic rings. The number of carboxylic acid groups (broad SMARTS) is 2. The van der Waals surface area contributed by atoms with Crippen LogP contribution < -0.4 is 15.5 Å². The van der Waals surface area contributed by atoms with Gasteiger partial charge in [0.2, 0.25) is 17.7 Å². The number of nitrogens with zero attached hydrogens (tertiary/aromatic N) is 2. The van der Waals surface area contributed by atoms with Crippen LogP contribution in [-0.2, 0) is 48.0 Å². The van der Waals surface area contributed by atoms with E-state index < -0.39 is 41.5 Å². The van der Waals surface area contributed by atoms with Crippen molar-refractivity contribution in [3.8, 4) is 0 Å². The molecule has 0 bridgehead atoms. The lowest BCUT2D eigenvalue weighted by atomic mass is 9.81. The average Bonchev–Trinajstić information content (AvgIpc) is 3.73. The molecule has 3 aromatic carbocycles. The Bertz CT molecular complexity index is 1760. The van der Waals surface area contributed by atoms with Crippen molar-refractivity contribution in [2.45, 2.75) is 95.8 Å². The van der Waals surface area contributed by atoms with Crippen LogP contribution in [0.2, 0.25) is 0 Å². The molecule has 1 aliphatic heterocycles. The zero-order valence-electron chi connectivity index (χ0n) is 30.0. The van der Waals surface area contributed by atoms with Crippen molar-refractivity contribution in [1.82, 2.24) is 15.5 Å². The van der Waals surface area contributed by atoms with Crippen molar-refractivity contribution < 1.29 is 39.0 Å². The Labute approximate surface area is 309 Å². The second-order valence-electron chi connectivity index (χ2n) is 14.1. The molecule has 280 valence electrons. The molecule has 5 rings (SSSR count). The zero-order chi connectivity index (χ0) is 38.0. The number of aryl methyl sites for hydroxylation is 1. The predicted molar refractivity (Wildman–Crippen MR) is 198 cm³/mol. The highest BCUT2D eigenvalue weighted by atomic mass is 16.4. The van der Waals surface area contributed by atoms with Gasteiger partial charge in [-0.3, -0.25) is 28.9 Å². The minimum Gasteiger partial charge on any atom is -0.481 e. The lowest BCUT2D eigenvalue weighted by Gasteiger charge is -2.32. The molecule has 2 fully saturated rings. The summed E-state index contributed by atoms with van der Waals surface area (Å²) in [5.74, 6) is -3.50. The Morgan fingerprint density at radius 3 is 2.04 bits per heavy atom. The third kappa shape index (κ3) is 9.88. The highest BCUT2D eigenvalue weighted by Gasteiger charge is 2.48. The van der Waals surface area contributed by atoms with E-state index in [9.17, 15) is 39.0 Å². The van der Waals surface area contributed by atoms with Crippen LogP contribution >= 0.6 is 0 Å². The summed E-state index contributed by atoms with van der Waals surface area (Å²) >= 11 is 0. The molecule has 1 saturated carbocycles. The lowest BCUT2D eigenvalue weighted by Crippen LogP contribution is -2.49. The summed E-state index contributed by atoms with van der Waals surface area (Å²) in [6.45, 7) is 1.75. The number of hydrogen-bond donors (Lipinski definition) is 4. The fraction of sp³-hybridized carbons (Fsp3) is 0.415. The van der Waals surface area contributed by atoms with Gasteiger partial charge in [-0.05, 0) is 60.9 Å². The highest BCUT2D eigenvalue weighted by molar-refractivity contribution is 6.03. The van der Waals surface area contributed by atoms with Crippen molar-refractivity contribution in [3.63, 3.8) is 0 Å². The van der Waals surface area contributed by atoms with Crippen LogP contribution in [0.15, 0.2) is 84.9 Å². The molecule has 12 heteroatoms. The maximum Gasteiger partial charge on any atom is 0.326 e. The smallest absolute Gasteiger partial charge is 0.326 e. The molecule has 53 heavy (non-hydrogen) atoms. The Balaban J connectivity index is 1.40. The average molecular weight is 725 g/mol. The second-order valence-corrected chi connectivity index (χ2v) is 14.1. The van der Waals surface area contributed by atoms with Gasteiger partial charge in [0, 0.05) is 38.4 Å². The molecular formula is C41H48N4O8. The van der Waals surface area contributed by atoms with E-state index in [2.05, 4.69) is 10.6 Å². The van der Waals surface area contributed by atoms with Crippen LogP contribution in [0.5, 0.6) is 0 Å². The number of carbonyl (C=O) groups is 6. The summed E-state index contributed by atoms with van der Waals surface area (Å²) in [5, 5.41) is 25.0. The number of benzene rings is 3. The monoisotopic (exact) mass is 724 g/mol. The summed E-state index contributed by atoms with van der Waals surface area (Å²) in [4.78, 5) is 80.2. The third-order valence-electron chi connectivity index (χ3n) is 10.4. The molecule has 0 aromatic heterocycles. The molecule has 1 unspecified atom stereocenters. The summed E-state index contributed by atoms with van der Waals surface area (Å²) < 4.78 is 0. The standard InChI is InChI=1S/C41H48N4O8/c1-28(46)42-25-24-41(22-8-9-23-41)40(53)43-33(39(51)52)26-31-14-17-32(18-15-31)44-35(19-16-29-10-4-2-5-11-29)45(36(47)20-21-37(48)49)34(38(44)50)27-30-12-6-3-7-13-30/h2-7,10-15,17-18,33-35H,8-9,16,19-27H2,1H3,(H,42,46)(H,43,53)(H,48,49)(H,51,52)/t33?,34-,35-/m1/s1. The number of carbonyl (C=O) groups excluding carboxylic acids is 4. The van der Waals surface area contributed by atoms with Crippen LogP contribution in [0.4, 0.5) is 5.69 Å². The molecule has 0 spiro atoms. The first-order valence-corrected chi connectivity index (χ1v) is 18.3. The normalized spacial score (nSPS) is 18.4. The van der Waals surface area contributed by atoms with E-state index in [0.717, 1.165) is 24.0 Å². The predicted octanol–water partition coefficient (Wildman–Crippen LogP) is 4.50. The largest absolute Gasteiger partial charge is 0.481 e. The van der Waals surface area contributed by atoms with Crippen LogP contribution in [0.3, 0.4) is 0 Å². The Kier molecular flexibility index (Phi) is 13.0. The number of hydrogen-bond acceptors (Lipinski definition) is 6. The van der Waals surface area contributed by atoms with Crippen molar-refractivity contribution in [2.75, 3.05) is 11.4 Å². The van der Waals surface area contributed by atoms with Crippen LogP contribution in [0.1, 0.15) is 75.0 Å². The number of anilines is 1. The fourth-order valence-corrected chi connectivity index (χ4v) is 7.63. The Morgan fingerprint density at radius 1 is 0.830 bits per heavy atom. The Morgan fingerprint density at radius 2 is 1.45 bits per heavy atom. The van der Waals surface area contributed by atoms with E-state index in [1.54, 1.807) is 34.1 Å². The van der Waals surface area contributed by atoms with E-state index >= 15 is 0 Å². The van der Waals surface area contributed by atoms with Crippen LogP contribution in [-0.4, -0.2) is 75.5 Å². The van der Waals surface area contributed by atoms with Crippen molar-refractivity contribution in [3.05, 3.63) is 102 Å². The minimum absolute atomic E-state index is 0.00490. The van der Waals surface area contributed by atoms with Crippen molar-refractivity contribution >= 4 is 41.3 Å². The quantitative estimate of drug-likeness (QED) is 0.158. The Hall–Kier alpha value is -5.52. The first-order valence-electron chi connectivity index (χ1n) is 18.3. The van der Waals surface area contributed by atoms with Gasteiger partial charge in [0.25, 0.3) is 5.91 Å². The molecular weight excluding hydrogens is 676 g/mol. The van der Waals surface area contributed by atoms with Crippen molar-refractivity contribution in [2.24, 2.45) is 5.41 Å². The first-order chi connectivity index (χ1) is 25.5. The SMILES string of the molecule is CC(=O)NCCC1(C(=O)NC(Cc2ccc(N3C(=O)[C@@H](Cc4ccccc4)N(C(=O)CCC(=O)O)[C@@H]3CCc3ccccc3)cc2)C(=O)O)CCCC1.